The Hall–Kier alpha value is -2.64. The van der Waals surface area contributed by atoms with Crippen LogP contribution < -0.4 is 14.2 Å². The van der Waals surface area contributed by atoms with E-state index in [0.29, 0.717) is 11.5 Å². The van der Waals surface area contributed by atoms with E-state index >= 15 is 0 Å². The minimum Gasteiger partial charge on any atom is -0.492 e. The number of fused-ring (bicyclic) bond motifs is 1. The number of pyridine rings is 1. The molecular weight excluding hydrogens is 364 g/mol. The first-order chi connectivity index (χ1) is 12.9. The molecule has 0 saturated heterocycles. The predicted octanol–water partition coefficient (Wildman–Crippen LogP) is 3.38. The number of sulfonamides is 1. The number of hydrogen-bond donors (Lipinski definition) is 1. The molecule has 1 heterocycles. The topological polar surface area (TPSA) is 77.5 Å². The van der Waals surface area contributed by atoms with Crippen LogP contribution in [-0.2, 0) is 10.0 Å². The molecule has 3 rings (SSSR count). The third-order valence-corrected chi connectivity index (χ3v) is 5.22. The Morgan fingerprint density at radius 3 is 2.52 bits per heavy atom. The molecule has 0 saturated carbocycles. The van der Waals surface area contributed by atoms with Gasteiger partial charge in [-0.1, -0.05) is 6.07 Å². The van der Waals surface area contributed by atoms with Crippen LogP contribution in [0.1, 0.15) is 13.8 Å². The number of aromatic nitrogens is 1. The predicted molar refractivity (Wildman–Crippen MR) is 105 cm³/mol. The fourth-order valence-corrected chi connectivity index (χ4v) is 3.55. The quantitative estimate of drug-likeness (QED) is 0.601. The standard InChI is InChI=1S/C20H22N2O4S/c1-15(2)26-17-5-8-19(9-6-17)27(23,24)22-12-13-25-18-7-10-20-16(14-18)4-3-11-21-20/h3-11,14-15,22H,12-13H2,1-2H3. The van der Waals surface area contributed by atoms with Gasteiger partial charge in [0.15, 0.2) is 0 Å². The van der Waals surface area contributed by atoms with Crippen molar-refractivity contribution >= 4 is 20.9 Å². The smallest absolute Gasteiger partial charge is 0.240 e. The van der Waals surface area contributed by atoms with Gasteiger partial charge in [-0.25, -0.2) is 13.1 Å². The summed E-state index contributed by atoms with van der Waals surface area (Å²) in [5.74, 6) is 1.31. The summed E-state index contributed by atoms with van der Waals surface area (Å²) in [4.78, 5) is 4.44. The van der Waals surface area contributed by atoms with Crippen molar-refractivity contribution in [2.45, 2.75) is 24.8 Å². The van der Waals surface area contributed by atoms with E-state index in [2.05, 4.69) is 9.71 Å². The van der Waals surface area contributed by atoms with E-state index in [-0.39, 0.29) is 24.2 Å². The summed E-state index contributed by atoms with van der Waals surface area (Å²) in [6, 6.07) is 15.7. The number of nitrogens with one attached hydrogen (secondary N) is 1. The zero-order valence-electron chi connectivity index (χ0n) is 15.3. The van der Waals surface area contributed by atoms with Crippen molar-refractivity contribution in [3.05, 3.63) is 60.8 Å². The van der Waals surface area contributed by atoms with Gasteiger partial charge in [-0.3, -0.25) is 4.98 Å². The molecule has 1 aromatic heterocycles. The SMILES string of the molecule is CC(C)Oc1ccc(S(=O)(=O)NCCOc2ccc3ncccc3c2)cc1. The van der Waals surface area contributed by atoms with Gasteiger partial charge in [-0.05, 0) is 62.4 Å². The molecule has 0 aliphatic carbocycles. The average molecular weight is 386 g/mol. The summed E-state index contributed by atoms with van der Waals surface area (Å²) in [6.45, 7) is 4.22. The van der Waals surface area contributed by atoms with Crippen molar-refractivity contribution in [1.29, 1.82) is 0 Å². The van der Waals surface area contributed by atoms with Crippen molar-refractivity contribution in [1.82, 2.24) is 9.71 Å². The highest BCUT2D eigenvalue weighted by Crippen LogP contribution is 2.19. The summed E-state index contributed by atoms with van der Waals surface area (Å²) in [5.41, 5.74) is 0.885. The van der Waals surface area contributed by atoms with Crippen LogP contribution in [-0.4, -0.2) is 32.7 Å². The fourth-order valence-electron chi connectivity index (χ4n) is 2.54. The summed E-state index contributed by atoms with van der Waals surface area (Å²) < 4.78 is 38.4. The Labute approximate surface area is 159 Å². The molecule has 0 unspecified atom stereocenters. The van der Waals surface area contributed by atoms with Gasteiger partial charge in [0, 0.05) is 18.1 Å². The second kappa shape index (κ2) is 8.37. The highest BCUT2D eigenvalue weighted by molar-refractivity contribution is 7.89. The normalized spacial score (nSPS) is 11.7. The van der Waals surface area contributed by atoms with E-state index in [1.54, 1.807) is 18.3 Å². The lowest BCUT2D eigenvalue weighted by Crippen LogP contribution is -2.28. The Kier molecular flexibility index (Phi) is 5.93. The number of nitrogens with zero attached hydrogens (tertiary/aromatic N) is 1. The van der Waals surface area contributed by atoms with Gasteiger partial charge in [0.2, 0.25) is 10.0 Å². The van der Waals surface area contributed by atoms with Gasteiger partial charge in [0.1, 0.15) is 18.1 Å². The van der Waals surface area contributed by atoms with Gasteiger partial charge in [0.05, 0.1) is 16.5 Å². The average Bonchev–Trinajstić information content (AvgIpc) is 2.65. The Morgan fingerprint density at radius 2 is 1.78 bits per heavy atom. The first-order valence-electron chi connectivity index (χ1n) is 8.68. The maximum Gasteiger partial charge on any atom is 0.240 e. The molecule has 0 aliphatic rings. The Balaban J connectivity index is 1.54. The molecule has 27 heavy (non-hydrogen) atoms. The van der Waals surface area contributed by atoms with E-state index in [0.717, 1.165) is 10.9 Å². The molecule has 6 nitrogen and oxygen atoms in total. The molecule has 1 N–H and O–H groups in total. The molecule has 3 aromatic rings. The highest BCUT2D eigenvalue weighted by atomic mass is 32.2. The van der Waals surface area contributed by atoms with Crippen LogP contribution in [0.5, 0.6) is 11.5 Å². The van der Waals surface area contributed by atoms with E-state index in [1.807, 2.05) is 44.2 Å². The van der Waals surface area contributed by atoms with E-state index in [4.69, 9.17) is 9.47 Å². The lowest BCUT2D eigenvalue weighted by atomic mass is 10.2. The second-order valence-corrected chi connectivity index (χ2v) is 8.01. The molecule has 7 heteroatoms. The summed E-state index contributed by atoms with van der Waals surface area (Å²) in [7, 11) is -3.59. The number of hydrogen-bond acceptors (Lipinski definition) is 5. The molecule has 0 radical (unpaired) electrons. The van der Waals surface area contributed by atoms with Gasteiger partial charge in [-0.15, -0.1) is 0 Å². The third-order valence-electron chi connectivity index (χ3n) is 3.74. The monoisotopic (exact) mass is 386 g/mol. The molecule has 0 fully saturated rings. The third kappa shape index (κ3) is 5.18. The van der Waals surface area contributed by atoms with Crippen molar-refractivity contribution in [2.75, 3.05) is 13.2 Å². The highest BCUT2D eigenvalue weighted by Gasteiger charge is 2.13. The van der Waals surface area contributed by atoms with Crippen molar-refractivity contribution in [3.8, 4) is 11.5 Å². The Morgan fingerprint density at radius 1 is 1.04 bits per heavy atom. The fraction of sp³-hybridized carbons (Fsp3) is 0.250. The molecule has 0 bridgehead atoms. The first-order valence-corrected chi connectivity index (χ1v) is 10.2. The molecule has 0 atom stereocenters. The molecule has 142 valence electrons. The van der Waals surface area contributed by atoms with Gasteiger partial charge in [0.25, 0.3) is 0 Å². The molecule has 0 amide bonds. The van der Waals surface area contributed by atoms with Crippen LogP contribution >= 0.6 is 0 Å². The summed E-state index contributed by atoms with van der Waals surface area (Å²) >= 11 is 0. The maximum atomic E-state index is 12.3. The van der Waals surface area contributed by atoms with E-state index in [9.17, 15) is 8.42 Å². The van der Waals surface area contributed by atoms with Crippen molar-refractivity contribution in [2.24, 2.45) is 0 Å². The zero-order chi connectivity index (χ0) is 19.3. The van der Waals surface area contributed by atoms with Gasteiger partial charge in [-0.2, -0.15) is 0 Å². The summed E-state index contributed by atoms with van der Waals surface area (Å²) in [5, 5.41) is 0.972. The largest absolute Gasteiger partial charge is 0.492 e. The van der Waals surface area contributed by atoms with Crippen LogP contribution in [0.15, 0.2) is 65.7 Å². The van der Waals surface area contributed by atoms with Crippen LogP contribution in [0.2, 0.25) is 0 Å². The lowest BCUT2D eigenvalue weighted by Gasteiger charge is -2.11. The minimum absolute atomic E-state index is 0.0358. The van der Waals surface area contributed by atoms with Crippen molar-refractivity contribution < 1.29 is 17.9 Å². The van der Waals surface area contributed by atoms with Crippen LogP contribution in [0, 0.1) is 0 Å². The van der Waals surface area contributed by atoms with Crippen molar-refractivity contribution in [3.63, 3.8) is 0 Å². The second-order valence-electron chi connectivity index (χ2n) is 6.24. The zero-order valence-corrected chi connectivity index (χ0v) is 16.1. The molecule has 0 aliphatic heterocycles. The number of rotatable bonds is 8. The maximum absolute atomic E-state index is 12.3. The van der Waals surface area contributed by atoms with E-state index in [1.165, 1.54) is 12.1 Å². The Bertz CT molecular complexity index is 1000. The van der Waals surface area contributed by atoms with Gasteiger partial charge < -0.3 is 9.47 Å². The first kappa shape index (κ1) is 19.1. The minimum atomic E-state index is -3.59. The van der Waals surface area contributed by atoms with Crippen LogP contribution in [0.4, 0.5) is 0 Å². The van der Waals surface area contributed by atoms with Crippen LogP contribution in [0.3, 0.4) is 0 Å². The summed E-state index contributed by atoms with van der Waals surface area (Å²) in [6.07, 6.45) is 1.77. The van der Waals surface area contributed by atoms with E-state index < -0.39 is 10.0 Å². The van der Waals surface area contributed by atoms with Crippen LogP contribution in [0.25, 0.3) is 10.9 Å². The van der Waals surface area contributed by atoms with Gasteiger partial charge >= 0.3 is 0 Å². The molecular formula is C20H22N2O4S. The number of benzene rings is 2. The number of ether oxygens (including phenoxy) is 2. The molecule has 2 aromatic carbocycles. The lowest BCUT2D eigenvalue weighted by molar-refractivity contribution is 0.242. The molecule has 0 spiro atoms.